The summed E-state index contributed by atoms with van der Waals surface area (Å²) >= 11 is 2.93. The summed E-state index contributed by atoms with van der Waals surface area (Å²) in [5, 5.41) is 2.11. The third kappa shape index (κ3) is 6.89. The molecule has 0 aromatic heterocycles. The van der Waals surface area contributed by atoms with Crippen molar-refractivity contribution in [3.8, 4) is 5.75 Å². The first-order valence-electron chi connectivity index (χ1n) is 6.40. The van der Waals surface area contributed by atoms with Crippen molar-refractivity contribution >= 4 is 33.5 Å². The highest BCUT2D eigenvalue weighted by Crippen LogP contribution is 2.32. The molecule has 0 aliphatic carbocycles. The fourth-order valence-electron chi connectivity index (χ4n) is 1.50. The molecule has 1 rings (SSSR count). The smallest absolute Gasteiger partial charge is 0.444 e. The average Bonchev–Trinajstić information content (AvgIpc) is 2.36. The minimum absolute atomic E-state index is 0.0101. The highest BCUT2D eigenvalue weighted by Gasteiger charge is 2.33. The molecule has 0 aliphatic heterocycles. The molecule has 1 aromatic rings. The Hall–Kier alpha value is -1.77. The normalized spacial score (nSPS) is 11.8. The lowest BCUT2D eigenvalue weighted by atomic mass is 10.1. The van der Waals surface area contributed by atoms with E-state index in [2.05, 4.69) is 26.0 Å². The molecule has 0 saturated carbocycles. The zero-order valence-corrected chi connectivity index (χ0v) is 14.2. The Kier molecular flexibility index (Phi) is 6.04. The third-order valence-electron chi connectivity index (χ3n) is 2.29. The largest absolute Gasteiger partial charge is 0.573 e. The van der Waals surface area contributed by atoms with Crippen LogP contribution in [-0.4, -0.2) is 29.2 Å². The van der Waals surface area contributed by atoms with Gasteiger partial charge in [0.2, 0.25) is 0 Å². The Morgan fingerprint density at radius 2 is 1.83 bits per heavy atom. The molecule has 1 aromatic carbocycles. The van der Waals surface area contributed by atoms with Gasteiger partial charge in [-0.1, -0.05) is 15.9 Å². The van der Waals surface area contributed by atoms with Crippen LogP contribution in [0.4, 0.5) is 23.7 Å². The van der Waals surface area contributed by atoms with Gasteiger partial charge >= 0.3 is 12.5 Å². The van der Waals surface area contributed by atoms with Crippen molar-refractivity contribution < 1.29 is 32.2 Å². The number of benzene rings is 1. The first kappa shape index (κ1) is 19.3. The molecule has 9 heteroatoms. The summed E-state index contributed by atoms with van der Waals surface area (Å²) in [4.78, 5) is 23.2. The lowest BCUT2D eigenvalue weighted by Crippen LogP contribution is -2.28. The van der Waals surface area contributed by atoms with Gasteiger partial charge in [0.15, 0.2) is 11.5 Å². The van der Waals surface area contributed by atoms with Crippen molar-refractivity contribution in [2.24, 2.45) is 0 Å². The van der Waals surface area contributed by atoms with Crippen LogP contribution in [0.2, 0.25) is 0 Å². The summed E-state index contributed by atoms with van der Waals surface area (Å²) in [5.74, 6) is -1.13. The lowest BCUT2D eigenvalue weighted by Gasteiger charge is -2.21. The number of hydrogen-bond acceptors (Lipinski definition) is 4. The first-order valence-corrected chi connectivity index (χ1v) is 7.52. The van der Waals surface area contributed by atoms with Crippen LogP contribution in [0, 0.1) is 0 Å². The Morgan fingerprint density at radius 3 is 2.30 bits per heavy atom. The van der Waals surface area contributed by atoms with Crippen LogP contribution in [0.25, 0.3) is 0 Å². The van der Waals surface area contributed by atoms with E-state index < -0.39 is 29.6 Å². The maximum Gasteiger partial charge on any atom is 0.573 e. The van der Waals surface area contributed by atoms with Crippen LogP contribution in [0.3, 0.4) is 0 Å². The van der Waals surface area contributed by atoms with E-state index in [0.717, 1.165) is 12.1 Å². The molecule has 1 amide bonds. The van der Waals surface area contributed by atoms with Crippen molar-refractivity contribution in [3.63, 3.8) is 0 Å². The second kappa shape index (κ2) is 7.20. The molecule has 0 aliphatic rings. The van der Waals surface area contributed by atoms with Gasteiger partial charge in [0, 0.05) is 5.56 Å². The van der Waals surface area contributed by atoms with Gasteiger partial charge in [0.25, 0.3) is 0 Å². The van der Waals surface area contributed by atoms with E-state index in [1.54, 1.807) is 20.8 Å². The number of rotatable bonds is 4. The lowest BCUT2D eigenvalue weighted by molar-refractivity contribution is -0.274. The van der Waals surface area contributed by atoms with Gasteiger partial charge in [-0.05, 0) is 39.0 Å². The topological polar surface area (TPSA) is 64.6 Å². The summed E-state index contributed by atoms with van der Waals surface area (Å²) in [7, 11) is 0. The number of ketones is 1. The molecule has 0 radical (unpaired) electrons. The molecule has 0 atom stereocenters. The molecular weight excluding hydrogens is 383 g/mol. The number of nitrogens with one attached hydrogen (secondary N) is 1. The van der Waals surface area contributed by atoms with E-state index in [1.165, 1.54) is 6.07 Å². The van der Waals surface area contributed by atoms with E-state index in [9.17, 15) is 22.8 Å². The van der Waals surface area contributed by atoms with E-state index in [-0.39, 0.29) is 16.6 Å². The molecule has 0 spiro atoms. The molecule has 0 heterocycles. The summed E-state index contributed by atoms with van der Waals surface area (Å²) in [6.45, 7) is 4.83. The van der Waals surface area contributed by atoms with Gasteiger partial charge in [-0.3, -0.25) is 10.1 Å². The van der Waals surface area contributed by atoms with Gasteiger partial charge in [0.1, 0.15) is 5.60 Å². The maximum absolute atomic E-state index is 12.5. The SMILES string of the molecule is CC(C)(C)OC(=O)Nc1ccc(C(=O)CBr)cc1OC(F)(F)F. The number of anilines is 1. The van der Waals surface area contributed by atoms with Gasteiger partial charge < -0.3 is 9.47 Å². The Balaban J connectivity index is 3.10. The first-order chi connectivity index (χ1) is 10.4. The quantitative estimate of drug-likeness (QED) is 0.599. The third-order valence-corrected chi connectivity index (χ3v) is 2.80. The predicted octanol–water partition coefficient (Wildman–Crippen LogP) is 4.51. The van der Waals surface area contributed by atoms with Gasteiger partial charge in [0.05, 0.1) is 11.0 Å². The molecule has 0 fully saturated rings. The monoisotopic (exact) mass is 397 g/mol. The number of halogens is 4. The molecule has 128 valence electrons. The fourth-order valence-corrected chi connectivity index (χ4v) is 1.82. The number of ether oxygens (including phenoxy) is 2. The number of amides is 1. The second-order valence-corrected chi connectivity index (χ2v) is 6.00. The number of carbonyl (C=O) groups is 2. The molecular formula is C14H15BrF3NO4. The Morgan fingerprint density at radius 1 is 1.22 bits per heavy atom. The fraction of sp³-hybridized carbons (Fsp3) is 0.429. The second-order valence-electron chi connectivity index (χ2n) is 5.44. The summed E-state index contributed by atoms with van der Waals surface area (Å²) in [6, 6.07) is 3.32. The molecule has 0 unspecified atom stereocenters. The molecule has 5 nitrogen and oxygen atoms in total. The number of carbonyl (C=O) groups excluding carboxylic acids is 2. The highest BCUT2D eigenvalue weighted by molar-refractivity contribution is 9.09. The number of alkyl halides is 4. The Labute approximate surface area is 139 Å². The van der Waals surface area contributed by atoms with E-state index in [0.29, 0.717) is 0 Å². The van der Waals surface area contributed by atoms with Crippen LogP contribution in [-0.2, 0) is 4.74 Å². The van der Waals surface area contributed by atoms with Crippen molar-refractivity contribution in [3.05, 3.63) is 23.8 Å². The molecule has 1 N–H and O–H groups in total. The van der Waals surface area contributed by atoms with Gasteiger partial charge in [-0.2, -0.15) is 0 Å². The molecule has 0 bridgehead atoms. The predicted molar refractivity (Wildman–Crippen MR) is 81.1 cm³/mol. The van der Waals surface area contributed by atoms with Crippen molar-refractivity contribution in [2.45, 2.75) is 32.7 Å². The highest BCUT2D eigenvalue weighted by atomic mass is 79.9. The van der Waals surface area contributed by atoms with Crippen LogP contribution in [0.5, 0.6) is 5.75 Å². The van der Waals surface area contributed by atoms with Gasteiger partial charge in [-0.25, -0.2) is 4.79 Å². The van der Waals surface area contributed by atoms with Crippen LogP contribution < -0.4 is 10.1 Å². The van der Waals surface area contributed by atoms with Crippen LogP contribution >= 0.6 is 15.9 Å². The van der Waals surface area contributed by atoms with Crippen molar-refractivity contribution in [1.29, 1.82) is 0 Å². The standard InChI is InChI=1S/C14H15BrF3NO4/c1-13(2,3)23-12(21)19-9-5-4-8(10(20)7-15)6-11(9)22-14(16,17)18/h4-6H,7H2,1-3H3,(H,19,21). The zero-order chi connectivity index (χ0) is 17.8. The van der Waals surface area contributed by atoms with E-state index in [4.69, 9.17) is 4.74 Å². The molecule has 23 heavy (non-hydrogen) atoms. The van der Waals surface area contributed by atoms with Crippen molar-refractivity contribution in [1.82, 2.24) is 0 Å². The molecule has 0 saturated heterocycles. The Bertz CT molecular complexity index is 597. The summed E-state index contributed by atoms with van der Waals surface area (Å²) in [5.41, 5.74) is -1.07. The van der Waals surface area contributed by atoms with Crippen molar-refractivity contribution in [2.75, 3.05) is 10.6 Å². The zero-order valence-electron chi connectivity index (χ0n) is 12.6. The number of hydrogen-bond donors (Lipinski definition) is 1. The van der Waals surface area contributed by atoms with E-state index >= 15 is 0 Å². The minimum atomic E-state index is -4.97. The van der Waals surface area contributed by atoms with Crippen LogP contribution in [0.15, 0.2) is 18.2 Å². The van der Waals surface area contributed by atoms with Gasteiger partial charge in [-0.15, -0.1) is 13.2 Å². The number of Topliss-reactive ketones (excluding diaryl/α,β-unsaturated/α-hetero) is 1. The average molecular weight is 398 g/mol. The van der Waals surface area contributed by atoms with Crippen LogP contribution in [0.1, 0.15) is 31.1 Å². The summed E-state index contributed by atoms with van der Waals surface area (Å²) < 4.78 is 46.3. The van der Waals surface area contributed by atoms with E-state index in [1.807, 2.05) is 0 Å². The maximum atomic E-state index is 12.5. The minimum Gasteiger partial charge on any atom is -0.444 e. The summed E-state index contributed by atoms with van der Waals surface area (Å²) in [6.07, 6.45) is -5.91.